The Bertz CT molecular complexity index is 309. The van der Waals surface area contributed by atoms with E-state index in [0.29, 0.717) is 18.7 Å². The molecule has 0 aliphatic carbocycles. The van der Waals surface area contributed by atoms with Gasteiger partial charge in [0.1, 0.15) is 0 Å². The minimum atomic E-state index is -0.174. The van der Waals surface area contributed by atoms with E-state index in [4.69, 9.17) is 4.74 Å². The van der Waals surface area contributed by atoms with Crippen LogP contribution < -0.4 is 10.1 Å². The highest BCUT2D eigenvalue weighted by atomic mass is 16.5. The van der Waals surface area contributed by atoms with Crippen molar-refractivity contribution < 1.29 is 9.53 Å². The zero-order valence-corrected chi connectivity index (χ0v) is 6.54. The number of carbonyl (C=O) groups excluding carboxylic acids is 1. The van der Waals surface area contributed by atoms with Crippen molar-refractivity contribution in [3.05, 3.63) is 24.3 Å². The molecule has 0 fully saturated rings. The van der Waals surface area contributed by atoms with Crippen LogP contribution in [0.3, 0.4) is 0 Å². The highest BCUT2D eigenvalue weighted by Crippen LogP contribution is 2.25. The lowest BCUT2D eigenvalue weighted by molar-refractivity contribution is -0.133. The first-order valence-electron chi connectivity index (χ1n) is 3.90. The first-order chi connectivity index (χ1) is 5.86. The maximum absolute atomic E-state index is 11.0. The van der Waals surface area contributed by atoms with Crippen molar-refractivity contribution in [2.45, 2.75) is 6.42 Å². The van der Waals surface area contributed by atoms with Crippen LogP contribution in [0.2, 0.25) is 0 Å². The summed E-state index contributed by atoms with van der Waals surface area (Å²) in [7, 11) is 0. The van der Waals surface area contributed by atoms with Gasteiger partial charge in [-0.2, -0.15) is 0 Å². The molecule has 62 valence electrons. The van der Waals surface area contributed by atoms with Crippen LogP contribution in [0, 0.1) is 0 Å². The number of nitrogens with one attached hydrogen (secondary N) is 1. The van der Waals surface area contributed by atoms with Crippen LogP contribution >= 0.6 is 0 Å². The van der Waals surface area contributed by atoms with Crippen molar-refractivity contribution in [1.29, 1.82) is 0 Å². The molecule has 0 radical (unpaired) electrons. The summed E-state index contributed by atoms with van der Waals surface area (Å²) in [6, 6.07) is 7.43. The fourth-order valence-corrected chi connectivity index (χ4v) is 1.17. The maximum Gasteiger partial charge on any atom is 0.313 e. The van der Waals surface area contributed by atoms with Gasteiger partial charge in [0.2, 0.25) is 0 Å². The summed E-state index contributed by atoms with van der Waals surface area (Å²) in [4.78, 5) is 11.0. The third-order valence-electron chi connectivity index (χ3n) is 1.76. The summed E-state index contributed by atoms with van der Waals surface area (Å²) >= 11 is 0. The molecule has 0 saturated heterocycles. The monoisotopic (exact) mass is 163 g/mol. The first-order valence-corrected chi connectivity index (χ1v) is 3.90. The van der Waals surface area contributed by atoms with E-state index >= 15 is 0 Å². The molecule has 0 spiro atoms. The molecule has 1 heterocycles. The van der Waals surface area contributed by atoms with Gasteiger partial charge in [-0.05, 0) is 12.1 Å². The number of anilines is 1. The van der Waals surface area contributed by atoms with Crippen LogP contribution in [0.15, 0.2) is 24.3 Å². The minimum absolute atomic E-state index is 0.174. The number of hydrogen-bond acceptors (Lipinski definition) is 3. The number of benzene rings is 1. The Morgan fingerprint density at radius 2 is 2.17 bits per heavy atom. The van der Waals surface area contributed by atoms with Crippen LogP contribution in [0.1, 0.15) is 6.42 Å². The number of carbonyl (C=O) groups is 1. The normalized spacial score (nSPS) is 15.5. The zero-order chi connectivity index (χ0) is 8.39. The first kappa shape index (κ1) is 7.16. The highest BCUT2D eigenvalue weighted by molar-refractivity contribution is 5.77. The van der Waals surface area contributed by atoms with Crippen molar-refractivity contribution in [1.82, 2.24) is 0 Å². The van der Waals surface area contributed by atoms with Crippen molar-refractivity contribution in [2.75, 3.05) is 11.9 Å². The fraction of sp³-hybridized carbons (Fsp3) is 0.222. The third kappa shape index (κ3) is 1.25. The van der Waals surface area contributed by atoms with E-state index in [2.05, 4.69) is 5.32 Å². The molecule has 1 aromatic rings. The summed E-state index contributed by atoms with van der Waals surface area (Å²) in [5, 5.41) is 3.11. The van der Waals surface area contributed by atoms with Gasteiger partial charge in [-0.25, -0.2) is 0 Å². The standard InChI is InChI=1S/C9H9NO2/c11-9-5-6-10-7-3-1-2-4-8(7)12-9/h1-4,10H,5-6H2. The Hall–Kier alpha value is -1.51. The molecule has 0 unspecified atom stereocenters. The predicted molar refractivity (Wildman–Crippen MR) is 45.2 cm³/mol. The molecule has 2 rings (SSSR count). The van der Waals surface area contributed by atoms with E-state index < -0.39 is 0 Å². The molecule has 0 saturated carbocycles. The summed E-state index contributed by atoms with van der Waals surface area (Å²) in [6.45, 7) is 0.649. The SMILES string of the molecule is O=C1CCNc2ccccc2O1. The minimum Gasteiger partial charge on any atom is -0.424 e. The quantitative estimate of drug-likeness (QED) is 0.464. The van der Waals surface area contributed by atoms with E-state index in [1.165, 1.54) is 0 Å². The van der Waals surface area contributed by atoms with E-state index in [-0.39, 0.29) is 5.97 Å². The zero-order valence-electron chi connectivity index (χ0n) is 6.54. The molecule has 3 nitrogen and oxygen atoms in total. The third-order valence-corrected chi connectivity index (χ3v) is 1.76. The molecule has 0 bridgehead atoms. The van der Waals surface area contributed by atoms with Gasteiger partial charge in [0.25, 0.3) is 0 Å². The maximum atomic E-state index is 11.0. The predicted octanol–water partition coefficient (Wildman–Crippen LogP) is 1.41. The number of esters is 1. The van der Waals surface area contributed by atoms with Crippen molar-refractivity contribution in [2.24, 2.45) is 0 Å². The van der Waals surface area contributed by atoms with Gasteiger partial charge in [-0.15, -0.1) is 0 Å². The lowest BCUT2D eigenvalue weighted by Crippen LogP contribution is -2.08. The van der Waals surface area contributed by atoms with E-state index in [1.807, 2.05) is 18.2 Å². The molecule has 0 atom stereocenters. The molecule has 0 aromatic heterocycles. The topological polar surface area (TPSA) is 38.3 Å². The molecule has 1 aliphatic heterocycles. The average Bonchev–Trinajstić information content (AvgIpc) is 2.25. The summed E-state index contributed by atoms with van der Waals surface area (Å²) in [6.07, 6.45) is 0.425. The Labute approximate surface area is 70.3 Å². The number of ether oxygens (including phenoxy) is 1. The lowest BCUT2D eigenvalue weighted by Gasteiger charge is -2.04. The van der Waals surface area contributed by atoms with E-state index in [1.54, 1.807) is 6.07 Å². The van der Waals surface area contributed by atoms with Gasteiger partial charge in [0.05, 0.1) is 12.1 Å². The largest absolute Gasteiger partial charge is 0.424 e. The van der Waals surface area contributed by atoms with Crippen LogP contribution in [0.4, 0.5) is 5.69 Å². The number of rotatable bonds is 0. The van der Waals surface area contributed by atoms with Crippen molar-refractivity contribution in [3.8, 4) is 5.75 Å². The van der Waals surface area contributed by atoms with Crippen LogP contribution in [0.25, 0.3) is 0 Å². The number of para-hydroxylation sites is 2. The lowest BCUT2D eigenvalue weighted by atomic mass is 10.3. The Kier molecular flexibility index (Phi) is 1.70. The molecule has 1 aliphatic rings. The van der Waals surface area contributed by atoms with Crippen molar-refractivity contribution >= 4 is 11.7 Å². The van der Waals surface area contributed by atoms with Gasteiger partial charge < -0.3 is 10.1 Å². The molecule has 3 heteroatoms. The van der Waals surface area contributed by atoms with Gasteiger partial charge in [-0.1, -0.05) is 12.1 Å². The van der Waals surface area contributed by atoms with Crippen molar-refractivity contribution in [3.63, 3.8) is 0 Å². The van der Waals surface area contributed by atoms with E-state index in [9.17, 15) is 4.79 Å². The van der Waals surface area contributed by atoms with Gasteiger partial charge in [-0.3, -0.25) is 4.79 Å². The Morgan fingerprint density at radius 1 is 1.33 bits per heavy atom. The Balaban J connectivity index is 2.37. The average molecular weight is 163 g/mol. The van der Waals surface area contributed by atoms with Gasteiger partial charge in [0.15, 0.2) is 5.75 Å². The Morgan fingerprint density at radius 3 is 3.08 bits per heavy atom. The molecular formula is C9H9NO2. The number of hydrogen-bond donors (Lipinski definition) is 1. The molecule has 1 aromatic carbocycles. The fourth-order valence-electron chi connectivity index (χ4n) is 1.17. The number of fused-ring (bicyclic) bond motifs is 1. The second kappa shape index (κ2) is 2.85. The van der Waals surface area contributed by atoms with Crippen LogP contribution in [-0.4, -0.2) is 12.5 Å². The summed E-state index contributed by atoms with van der Waals surface area (Å²) in [5.41, 5.74) is 0.892. The molecule has 1 N–H and O–H groups in total. The summed E-state index contributed by atoms with van der Waals surface area (Å²) in [5.74, 6) is 0.451. The highest BCUT2D eigenvalue weighted by Gasteiger charge is 2.12. The van der Waals surface area contributed by atoms with E-state index in [0.717, 1.165) is 5.69 Å². The molecule has 0 amide bonds. The van der Waals surface area contributed by atoms with Gasteiger partial charge in [0, 0.05) is 6.54 Å². The molecular weight excluding hydrogens is 154 g/mol. The second-order valence-electron chi connectivity index (χ2n) is 2.65. The smallest absolute Gasteiger partial charge is 0.313 e. The summed E-state index contributed by atoms with van der Waals surface area (Å²) < 4.78 is 5.06. The molecule has 12 heavy (non-hydrogen) atoms. The van der Waals surface area contributed by atoms with Gasteiger partial charge >= 0.3 is 5.97 Å². The second-order valence-corrected chi connectivity index (χ2v) is 2.65. The van der Waals surface area contributed by atoms with Crippen LogP contribution in [-0.2, 0) is 4.79 Å². The van der Waals surface area contributed by atoms with Crippen LogP contribution in [0.5, 0.6) is 5.75 Å².